The number of fused-ring (bicyclic) bond motifs is 1. The number of Topliss-reactive ketones (excluding diaryl/α,β-unsaturated/α-hetero) is 1. The maximum absolute atomic E-state index is 14.1. The smallest absolute Gasteiger partial charge is 0.327 e. The molecule has 0 radical (unpaired) electrons. The summed E-state index contributed by atoms with van der Waals surface area (Å²) in [4.78, 5) is 55.5. The van der Waals surface area contributed by atoms with Crippen molar-refractivity contribution in [1.82, 2.24) is 9.80 Å². The Bertz CT molecular complexity index is 1480. The molecule has 0 saturated carbocycles. The molecule has 2 aliphatic heterocycles. The SMILES string of the molecule is CCN1C(=O)C2C(c3ccc(C#N)cc3)C(C(=O)c3cccs3)C(c3ccc(OC)c([N+](=O)[O-])c3)N2C1=O. The van der Waals surface area contributed by atoms with E-state index in [1.54, 1.807) is 54.8 Å². The largest absolute Gasteiger partial charge is 0.490 e. The highest BCUT2D eigenvalue weighted by molar-refractivity contribution is 7.12. The molecule has 10 nitrogen and oxygen atoms in total. The fourth-order valence-electron chi connectivity index (χ4n) is 5.57. The van der Waals surface area contributed by atoms with E-state index in [1.165, 1.54) is 35.5 Å². The number of carbonyl (C=O) groups excluding carboxylic acids is 3. The number of amides is 3. The van der Waals surface area contributed by atoms with Crippen LogP contribution < -0.4 is 4.74 Å². The number of ketones is 1. The van der Waals surface area contributed by atoms with Crippen LogP contribution in [0.1, 0.15) is 45.2 Å². The maximum Gasteiger partial charge on any atom is 0.327 e. The molecule has 1 aromatic heterocycles. The molecule has 3 aromatic rings. The van der Waals surface area contributed by atoms with Crippen LogP contribution in [0, 0.1) is 27.4 Å². The molecule has 2 aromatic carbocycles. The van der Waals surface area contributed by atoms with Gasteiger partial charge in [-0.05, 0) is 47.7 Å². The van der Waals surface area contributed by atoms with Gasteiger partial charge in [-0.2, -0.15) is 5.26 Å². The molecule has 11 heteroatoms. The van der Waals surface area contributed by atoms with Gasteiger partial charge in [0, 0.05) is 18.5 Å². The van der Waals surface area contributed by atoms with E-state index in [-0.39, 0.29) is 23.8 Å². The maximum atomic E-state index is 14.1. The average molecular weight is 531 g/mol. The van der Waals surface area contributed by atoms with Gasteiger partial charge in [0.2, 0.25) is 0 Å². The molecule has 3 heterocycles. The third kappa shape index (κ3) is 3.81. The van der Waals surface area contributed by atoms with E-state index in [0.717, 1.165) is 4.90 Å². The number of urea groups is 1. The Labute approximate surface area is 221 Å². The minimum atomic E-state index is -0.990. The van der Waals surface area contributed by atoms with E-state index in [1.807, 2.05) is 0 Å². The Morgan fingerprint density at radius 2 is 1.84 bits per heavy atom. The quantitative estimate of drug-likeness (QED) is 0.190. The summed E-state index contributed by atoms with van der Waals surface area (Å²) in [5, 5.41) is 22.9. The third-order valence-corrected chi connectivity index (χ3v) is 8.07. The van der Waals surface area contributed by atoms with Crippen LogP contribution in [0.4, 0.5) is 10.5 Å². The second-order valence-electron chi connectivity index (χ2n) is 8.98. The highest BCUT2D eigenvalue weighted by Gasteiger charge is 2.63. The lowest BCUT2D eigenvalue weighted by Gasteiger charge is -2.28. The van der Waals surface area contributed by atoms with Crippen molar-refractivity contribution in [1.29, 1.82) is 5.26 Å². The predicted octanol–water partition coefficient (Wildman–Crippen LogP) is 4.53. The van der Waals surface area contributed by atoms with E-state index in [0.29, 0.717) is 21.6 Å². The summed E-state index contributed by atoms with van der Waals surface area (Å²) in [6.07, 6.45) is 0. The first-order valence-corrected chi connectivity index (χ1v) is 12.7. The second-order valence-corrected chi connectivity index (χ2v) is 9.93. The number of ether oxygens (including phenoxy) is 1. The molecule has 2 saturated heterocycles. The minimum Gasteiger partial charge on any atom is -0.490 e. The number of thiophene rings is 1. The number of carbonyl (C=O) groups is 3. The van der Waals surface area contributed by atoms with Gasteiger partial charge in [0.15, 0.2) is 11.5 Å². The van der Waals surface area contributed by atoms with Crippen molar-refractivity contribution in [3.63, 3.8) is 0 Å². The van der Waals surface area contributed by atoms with Crippen molar-refractivity contribution in [2.24, 2.45) is 5.92 Å². The number of benzene rings is 2. The first kappa shape index (κ1) is 25.1. The van der Waals surface area contributed by atoms with Crippen LogP contribution in [0.25, 0.3) is 0 Å². The van der Waals surface area contributed by atoms with Crippen molar-refractivity contribution >= 4 is 34.7 Å². The van der Waals surface area contributed by atoms with Crippen LogP contribution in [-0.2, 0) is 4.79 Å². The molecule has 2 aliphatic rings. The topological polar surface area (TPSA) is 134 Å². The van der Waals surface area contributed by atoms with Crippen LogP contribution in [-0.4, -0.2) is 52.1 Å². The fraction of sp³-hybridized carbons (Fsp3) is 0.259. The molecule has 5 rings (SSSR count). The summed E-state index contributed by atoms with van der Waals surface area (Å²) in [5.41, 5.74) is 1.08. The highest BCUT2D eigenvalue weighted by atomic mass is 32.1. The van der Waals surface area contributed by atoms with Crippen LogP contribution >= 0.6 is 11.3 Å². The standard InChI is InChI=1S/C27H22N4O6S/c1-3-29-26(33)24-21(16-8-6-15(14-28)7-9-16)22(25(32)20-5-4-12-38-20)23(30(24)27(29)34)17-10-11-19(37-2)18(13-17)31(35)36/h4-13,21-24H,3H2,1-2H3. The number of rotatable bonds is 7. The van der Waals surface area contributed by atoms with Gasteiger partial charge < -0.3 is 9.64 Å². The van der Waals surface area contributed by atoms with Gasteiger partial charge in [0.1, 0.15) is 6.04 Å². The van der Waals surface area contributed by atoms with E-state index in [4.69, 9.17) is 4.74 Å². The zero-order valence-electron chi connectivity index (χ0n) is 20.4. The molecule has 0 bridgehead atoms. The van der Waals surface area contributed by atoms with Crippen molar-refractivity contribution in [3.05, 3.63) is 91.7 Å². The molecule has 3 amide bonds. The van der Waals surface area contributed by atoms with E-state index in [9.17, 15) is 29.8 Å². The third-order valence-electron chi connectivity index (χ3n) is 7.19. The predicted molar refractivity (Wildman–Crippen MR) is 137 cm³/mol. The first-order chi connectivity index (χ1) is 18.3. The number of nitro groups is 1. The molecule has 4 atom stereocenters. The van der Waals surface area contributed by atoms with Crippen molar-refractivity contribution in [2.75, 3.05) is 13.7 Å². The lowest BCUT2D eigenvalue weighted by Crippen LogP contribution is -2.37. The van der Waals surface area contributed by atoms with Crippen molar-refractivity contribution < 1.29 is 24.0 Å². The Kier molecular flexibility index (Phi) is 6.42. The number of imide groups is 1. The number of likely N-dealkylation sites (N-methyl/N-ethyl adjacent to an activating group) is 1. The zero-order chi connectivity index (χ0) is 27.1. The average Bonchev–Trinajstić information content (AvgIpc) is 3.64. The molecule has 192 valence electrons. The summed E-state index contributed by atoms with van der Waals surface area (Å²) in [7, 11) is 1.32. The van der Waals surface area contributed by atoms with Crippen LogP contribution in [0.3, 0.4) is 0 Å². The molecule has 4 unspecified atom stereocenters. The second kappa shape index (κ2) is 9.72. The summed E-state index contributed by atoms with van der Waals surface area (Å²) < 4.78 is 5.15. The lowest BCUT2D eigenvalue weighted by atomic mass is 9.76. The Morgan fingerprint density at radius 1 is 1.13 bits per heavy atom. The van der Waals surface area contributed by atoms with Crippen molar-refractivity contribution in [3.8, 4) is 11.8 Å². The van der Waals surface area contributed by atoms with E-state index < -0.39 is 40.8 Å². The number of nitrogens with zero attached hydrogens (tertiary/aromatic N) is 4. The van der Waals surface area contributed by atoms with Gasteiger partial charge in [-0.1, -0.05) is 24.3 Å². The van der Waals surface area contributed by atoms with Gasteiger partial charge in [-0.3, -0.25) is 24.6 Å². The molecule has 38 heavy (non-hydrogen) atoms. The highest BCUT2D eigenvalue weighted by Crippen LogP contribution is 2.54. The van der Waals surface area contributed by atoms with Gasteiger partial charge >= 0.3 is 11.7 Å². The Hall–Kier alpha value is -4.56. The van der Waals surface area contributed by atoms with Gasteiger partial charge in [0.25, 0.3) is 5.91 Å². The normalized spacial score (nSPS) is 22.3. The van der Waals surface area contributed by atoms with Gasteiger partial charge in [0.05, 0.1) is 40.5 Å². The molecule has 0 aliphatic carbocycles. The molecule has 0 N–H and O–H groups in total. The van der Waals surface area contributed by atoms with Crippen LogP contribution in [0.2, 0.25) is 0 Å². The van der Waals surface area contributed by atoms with Crippen molar-refractivity contribution in [2.45, 2.75) is 24.9 Å². The number of methoxy groups -OCH3 is 1. The van der Waals surface area contributed by atoms with E-state index >= 15 is 0 Å². The summed E-state index contributed by atoms with van der Waals surface area (Å²) >= 11 is 1.25. The number of nitro benzene ring substituents is 1. The Balaban J connectivity index is 1.76. The van der Waals surface area contributed by atoms with Gasteiger partial charge in [-0.15, -0.1) is 11.3 Å². The summed E-state index contributed by atoms with van der Waals surface area (Å²) in [6.45, 7) is 1.83. The fourth-order valence-corrected chi connectivity index (χ4v) is 6.28. The molecular formula is C27H22N4O6S. The monoisotopic (exact) mass is 530 g/mol. The summed E-state index contributed by atoms with van der Waals surface area (Å²) in [5.74, 6) is -2.31. The van der Waals surface area contributed by atoms with Gasteiger partial charge in [-0.25, -0.2) is 4.79 Å². The Morgan fingerprint density at radius 3 is 2.42 bits per heavy atom. The minimum absolute atomic E-state index is 0.0390. The first-order valence-electron chi connectivity index (χ1n) is 11.9. The summed E-state index contributed by atoms with van der Waals surface area (Å²) in [6, 6.07) is 13.9. The number of hydrogen-bond acceptors (Lipinski definition) is 8. The molecule has 0 spiro atoms. The molecular weight excluding hydrogens is 508 g/mol. The van der Waals surface area contributed by atoms with E-state index in [2.05, 4.69) is 6.07 Å². The zero-order valence-corrected chi connectivity index (χ0v) is 21.3. The van der Waals surface area contributed by atoms with Crippen LogP contribution in [0.5, 0.6) is 5.75 Å². The number of nitriles is 1. The van der Waals surface area contributed by atoms with Crippen LogP contribution in [0.15, 0.2) is 60.0 Å². The molecule has 2 fully saturated rings. The number of hydrogen-bond donors (Lipinski definition) is 0. The lowest BCUT2D eigenvalue weighted by molar-refractivity contribution is -0.385.